The van der Waals surface area contributed by atoms with E-state index in [-0.39, 0.29) is 0 Å². The number of thiophene rings is 1. The second-order valence-electron chi connectivity index (χ2n) is 6.78. The highest BCUT2D eigenvalue weighted by molar-refractivity contribution is 8.00. The van der Waals surface area contributed by atoms with Crippen LogP contribution in [0.3, 0.4) is 0 Å². The van der Waals surface area contributed by atoms with Gasteiger partial charge >= 0.3 is 0 Å². The highest BCUT2D eigenvalue weighted by Gasteiger charge is 2.25. The lowest BCUT2D eigenvalue weighted by Crippen LogP contribution is -2.49. The van der Waals surface area contributed by atoms with Gasteiger partial charge in [0.2, 0.25) is 0 Å². The predicted octanol–water partition coefficient (Wildman–Crippen LogP) is 2.54. The average Bonchev–Trinajstić information content (AvgIpc) is 3.08. The maximum Gasteiger partial charge on any atom is 0.252 e. The zero-order valence-corrected chi connectivity index (χ0v) is 18.7. The summed E-state index contributed by atoms with van der Waals surface area (Å²) in [5.41, 5.74) is 0. The van der Waals surface area contributed by atoms with E-state index in [0.29, 0.717) is 21.9 Å². The van der Waals surface area contributed by atoms with Crippen LogP contribution in [0.5, 0.6) is 0 Å². The van der Waals surface area contributed by atoms with Crippen LogP contribution < -0.4 is 5.32 Å². The Hall–Kier alpha value is -0.770. The molecule has 0 amide bonds. The number of guanidine groups is 1. The van der Waals surface area contributed by atoms with Crippen molar-refractivity contribution in [2.45, 2.75) is 36.8 Å². The van der Waals surface area contributed by atoms with Gasteiger partial charge in [0.1, 0.15) is 4.21 Å². The summed E-state index contributed by atoms with van der Waals surface area (Å²) in [7, 11) is -0.265. The van der Waals surface area contributed by atoms with Crippen LogP contribution in [0.4, 0.5) is 0 Å². The Balaban J connectivity index is 2.11. The average molecular weight is 419 g/mol. The molecule has 6 nitrogen and oxygen atoms in total. The minimum Gasteiger partial charge on any atom is -0.357 e. The number of nitrogens with zero attached hydrogens (tertiary/aromatic N) is 3. The molecule has 1 N–H and O–H groups in total. The summed E-state index contributed by atoms with van der Waals surface area (Å²) in [6.07, 6.45) is 0. The van der Waals surface area contributed by atoms with Gasteiger partial charge in [0, 0.05) is 49.6 Å². The molecule has 148 valence electrons. The summed E-state index contributed by atoms with van der Waals surface area (Å²) in [6, 6.07) is 3.53. The Morgan fingerprint density at radius 2 is 2.15 bits per heavy atom. The molecule has 0 saturated carbocycles. The molecule has 9 heteroatoms. The summed E-state index contributed by atoms with van der Waals surface area (Å²) >= 11 is 3.33. The number of nitrogens with one attached hydrogen (secondary N) is 1. The fourth-order valence-corrected chi connectivity index (χ4v) is 6.36. The summed E-state index contributed by atoms with van der Waals surface area (Å²) in [5, 5.41) is 4.00. The minimum absolute atomic E-state index is 0.368. The first-order chi connectivity index (χ1) is 12.3. The highest BCUT2D eigenvalue weighted by atomic mass is 32.2. The van der Waals surface area contributed by atoms with Gasteiger partial charge < -0.3 is 10.2 Å². The first-order valence-electron chi connectivity index (χ1n) is 8.91. The number of hydrogen-bond acceptors (Lipinski definition) is 5. The zero-order valence-electron chi connectivity index (χ0n) is 16.2. The standard InChI is InChI=1S/C17H30N4O2S3/c1-6-18-17(21-9-10-24-15(12-21)13(2)3)19-11-14-7-8-16(25-14)26(22,23)20(4)5/h7-8,13,15H,6,9-12H2,1-5H3,(H,18,19). The molecule has 1 aromatic rings. The van der Waals surface area contributed by atoms with Gasteiger partial charge in [-0.2, -0.15) is 11.8 Å². The second-order valence-corrected chi connectivity index (χ2v) is 11.7. The Labute approximate surface area is 166 Å². The van der Waals surface area contributed by atoms with Gasteiger partial charge in [-0.3, -0.25) is 0 Å². The second kappa shape index (κ2) is 9.43. The molecule has 0 radical (unpaired) electrons. The van der Waals surface area contributed by atoms with Gasteiger partial charge in [-0.1, -0.05) is 13.8 Å². The number of thioether (sulfide) groups is 1. The molecule has 0 aromatic carbocycles. The molecular weight excluding hydrogens is 388 g/mol. The van der Waals surface area contributed by atoms with Crippen molar-refractivity contribution in [2.24, 2.45) is 10.9 Å². The fraction of sp³-hybridized carbons (Fsp3) is 0.706. The Morgan fingerprint density at radius 1 is 1.42 bits per heavy atom. The first kappa shape index (κ1) is 21.5. The first-order valence-corrected chi connectivity index (χ1v) is 12.2. The van der Waals surface area contributed by atoms with Crippen LogP contribution in [-0.2, 0) is 16.6 Å². The molecule has 2 rings (SSSR count). The molecule has 0 bridgehead atoms. The third-order valence-corrected chi connectivity index (χ3v) is 9.12. The van der Waals surface area contributed by atoms with Crippen LogP contribution in [-0.4, -0.2) is 68.3 Å². The SMILES string of the molecule is CCNC(=NCc1ccc(S(=O)(=O)N(C)C)s1)N1CCSC(C(C)C)C1. The number of aliphatic imine (C=N–C) groups is 1. The van der Waals surface area contributed by atoms with E-state index < -0.39 is 10.0 Å². The lowest BCUT2D eigenvalue weighted by molar-refractivity contribution is 0.381. The van der Waals surface area contributed by atoms with Crippen LogP contribution >= 0.6 is 23.1 Å². The number of rotatable bonds is 6. The largest absolute Gasteiger partial charge is 0.357 e. The van der Waals surface area contributed by atoms with Crippen molar-refractivity contribution in [3.05, 3.63) is 17.0 Å². The summed E-state index contributed by atoms with van der Waals surface area (Å²) in [4.78, 5) is 8.05. The van der Waals surface area contributed by atoms with Gasteiger partial charge in [-0.25, -0.2) is 17.7 Å². The quantitative estimate of drug-likeness (QED) is 0.568. The number of hydrogen-bond donors (Lipinski definition) is 1. The molecule has 0 aliphatic carbocycles. The van der Waals surface area contributed by atoms with Gasteiger partial charge in [0.25, 0.3) is 10.0 Å². The predicted molar refractivity (Wildman–Crippen MR) is 113 cm³/mol. The van der Waals surface area contributed by atoms with E-state index in [1.54, 1.807) is 20.2 Å². The smallest absolute Gasteiger partial charge is 0.252 e. The fourth-order valence-electron chi connectivity index (χ4n) is 2.61. The summed E-state index contributed by atoms with van der Waals surface area (Å²) < 4.78 is 26.0. The molecule has 1 aliphatic heterocycles. The van der Waals surface area contributed by atoms with Crippen LogP contribution in [0.1, 0.15) is 25.6 Å². The lowest BCUT2D eigenvalue weighted by Gasteiger charge is -2.36. The molecule has 1 saturated heterocycles. The van der Waals surface area contributed by atoms with Crippen LogP contribution in [0.25, 0.3) is 0 Å². The molecule has 1 fully saturated rings. The molecule has 1 aromatic heterocycles. The summed E-state index contributed by atoms with van der Waals surface area (Å²) in [5.74, 6) is 2.67. The normalized spacial score (nSPS) is 19.4. The maximum atomic E-state index is 12.2. The van der Waals surface area contributed by atoms with Crippen molar-refractivity contribution < 1.29 is 8.42 Å². The monoisotopic (exact) mass is 418 g/mol. The molecule has 1 atom stereocenters. The van der Waals surface area contributed by atoms with Gasteiger partial charge in [0.05, 0.1) is 6.54 Å². The van der Waals surface area contributed by atoms with Gasteiger partial charge in [0.15, 0.2) is 5.96 Å². The van der Waals surface area contributed by atoms with Crippen LogP contribution in [0.2, 0.25) is 0 Å². The van der Waals surface area contributed by atoms with Crippen molar-refractivity contribution in [3.63, 3.8) is 0 Å². The van der Waals surface area contributed by atoms with E-state index in [2.05, 4.69) is 31.0 Å². The third kappa shape index (κ3) is 5.37. The molecular formula is C17H30N4O2S3. The minimum atomic E-state index is -3.37. The van der Waals surface area contributed by atoms with Crippen molar-refractivity contribution in [2.75, 3.05) is 39.5 Å². The van der Waals surface area contributed by atoms with E-state index >= 15 is 0 Å². The van der Waals surface area contributed by atoms with E-state index in [9.17, 15) is 8.42 Å². The molecule has 1 unspecified atom stereocenters. The van der Waals surface area contributed by atoms with E-state index in [1.807, 2.05) is 17.8 Å². The van der Waals surface area contributed by atoms with Crippen molar-refractivity contribution in [3.8, 4) is 0 Å². The van der Waals surface area contributed by atoms with Crippen LogP contribution in [0, 0.1) is 5.92 Å². The third-order valence-electron chi connectivity index (χ3n) is 4.23. The molecule has 2 heterocycles. The Kier molecular flexibility index (Phi) is 7.81. The summed E-state index contributed by atoms with van der Waals surface area (Å²) in [6.45, 7) is 9.91. The Bertz CT molecular complexity index is 713. The molecule has 0 spiro atoms. The van der Waals surface area contributed by atoms with Crippen LogP contribution in [0.15, 0.2) is 21.3 Å². The topological polar surface area (TPSA) is 65.0 Å². The van der Waals surface area contributed by atoms with E-state index in [0.717, 1.165) is 36.2 Å². The maximum absolute atomic E-state index is 12.2. The van der Waals surface area contributed by atoms with E-state index in [4.69, 9.17) is 4.99 Å². The van der Waals surface area contributed by atoms with E-state index in [1.165, 1.54) is 15.6 Å². The Morgan fingerprint density at radius 3 is 2.77 bits per heavy atom. The van der Waals surface area contributed by atoms with Crippen molar-refractivity contribution in [1.82, 2.24) is 14.5 Å². The zero-order chi connectivity index (χ0) is 19.3. The molecule has 26 heavy (non-hydrogen) atoms. The lowest BCUT2D eigenvalue weighted by atomic mass is 10.1. The highest BCUT2D eigenvalue weighted by Crippen LogP contribution is 2.26. The molecule has 1 aliphatic rings. The van der Waals surface area contributed by atoms with Gasteiger partial charge in [-0.15, -0.1) is 11.3 Å². The van der Waals surface area contributed by atoms with Gasteiger partial charge in [-0.05, 0) is 25.0 Å². The van der Waals surface area contributed by atoms with Crippen molar-refractivity contribution >= 4 is 39.1 Å². The van der Waals surface area contributed by atoms with Crippen molar-refractivity contribution in [1.29, 1.82) is 0 Å². The number of sulfonamides is 1.